The average Bonchev–Trinajstić information content (AvgIpc) is 2.65. The summed E-state index contributed by atoms with van der Waals surface area (Å²) in [5.74, 6) is -0.766. The highest BCUT2D eigenvalue weighted by atomic mass is 19.1. The molecule has 168 valence electrons. The molecule has 2 aromatic rings. The van der Waals surface area contributed by atoms with Gasteiger partial charge in [0.15, 0.2) is 0 Å². The van der Waals surface area contributed by atoms with Crippen LogP contribution < -0.4 is 11.1 Å². The zero-order valence-electron chi connectivity index (χ0n) is 19.2. The van der Waals surface area contributed by atoms with Gasteiger partial charge in [-0.1, -0.05) is 52.8 Å². The Labute approximate surface area is 184 Å². The van der Waals surface area contributed by atoms with E-state index in [0.717, 1.165) is 5.56 Å². The number of carbonyl (C=O) groups excluding carboxylic acids is 2. The molecule has 0 aliphatic heterocycles. The third kappa shape index (κ3) is 8.13. The molecule has 0 aliphatic carbocycles. The summed E-state index contributed by atoms with van der Waals surface area (Å²) in [6.07, 6.45) is 0.409. The first kappa shape index (κ1) is 24.5. The third-order valence-electron chi connectivity index (χ3n) is 4.81. The monoisotopic (exact) mass is 427 g/mol. The lowest BCUT2D eigenvalue weighted by molar-refractivity contribution is -0.117. The van der Waals surface area contributed by atoms with E-state index < -0.39 is 5.82 Å². The SMILES string of the molecule is CC(C)(C)CC(=O)Nc1cccc(CN(CC(C)(C)CN)C(=O)c2cccc(F)c2)c1. The first-order valence-corrected chi connectivity index (χ1v) is 10.5. The molecule has 2 rings (SSSR count). The molecule has 31 heavy (non-hydrogen) atoms. The highest BCUT2D eigenvalue weighted by Gasteiger charge is 2.25. The second-order valence-electron chi connectivity index (χ2n) is 10.0. The molecule has 0 radical (unpaired) electrons. The maximum Gasteiger partial charge on any atom is 0.254 e. The lowest BCUT2D eigenvalue weighted by Gasteiger charge is -2.32. The van der Waals surface area contributed by atoms with E-state index >= 15 is 0 Å². The summed E-state index contributed by atoms with van der Waals surface area (Å²) in [6.45, 7) is 11.2. The Bertz CT molecular complexity index is 919. The van der Waals surface area contributed by atoms with Crippen LogP contribution in [-0.4, -0.2) is 29.8 Å². The minimum Gasteiger partial charge on any atom is -0.334 e. The second kappa shape index (κ2) is 10.1. The fourth-order valence-electron chi connectivity index (χ4n) is 3.24. The zero-order chi connectivity index (χ0) is 23.2. The van der Waals surface area contributed by atoms with Gasteiger partial charge in [-0.25, -0.2) is 4.39 Å². The Morgan fingerprint density at radius 3 is 2.32 bits per heavy atom. The highest BCUT2D eigenvalue weighted by molar-refractivity contribution is 5.94. The molecule has 0 aliphatic rings. The minimum atomic E-state index is -0.451. The van der Waals surface area contributed by atoms with Crippen LogP contribution in [0.1, 0.15) is 57.0 Å². The molecular weight excluding hydrogens is 393 g/mol. The molecule has 0 atom stereocenters. The van der Waals surface area contributed by atoms with Crippen molar-refractivity contribution in [3.8, 4) is 0 Å². The molecule has 0 spiro atoms. The first-order chi connectivity index (χ1) is 14.4. The number of hydrogen-bond acceptors (Lipinski definition) is 3. The van der Waals surface area contributed by atoms with E-state index in [-0.39, 0.29) is 22.6 Å². The summed E-state index contributed by atoms with van der Waals surface area (Å²) >= 11 is 0. The third-order valence-corrected chi connectivity index (χ3v) is 4.81. The largest absolute Gasteiger partial charge is 0.334 e. The van der Waals surface area contributed by atoms with Gasteiger partial charge >= 0.3 is 0 Å². The predicted molar refractivity (Wildman–Crippen MR) is 123 cm³/mol. The van der Waals surface area contributed by atoms with Crippen LogP contribution in [0.15, 0.2) is 48.5 Å². The summed E-state index contributed by atoms with van der Waals surface area (Å²) < 4.78 is 13.7. The maximum atomic E-state index is 13.7. The van der Waals surface area contributed by atoms with Crippen LogP contribution in [0.2, 0.25) is 0 Å². The number of nitrogens with one attached hydrogen (secondary N) is 1. The second-order valence-corrected chi connectivity index (χ2v) is 10.0. The van der Waals surface area contributed by atoms with Gasteiger partial charge in [-0.05, 0) is 53.3 Å². The fraction of sp³-hybridized carbons (Fsp3) is 0.440. The van der Waals surface area contributed by atoms with Gasteiger partial charge in [0.1, 0.15) is 5.82 Å². The minimum absolute atomic E-state index is 0.0541. The Balaban J connectivity index is 2.24. The van der Waals surface area contributed by atoms with Crippen LogP contribution in [0, 0.1) is 16.6 Å². The molecule has 0 fully saturated rings. The molecule has 2 aromatic carbocycles. The molecule has 0 heterocycles. The predicted octanol–water partition coefficient (Wildman–Crippen LogP) is 4.83. The molecule has 2 amide bonds. The van der Waals surface area contributed by atoms with Gasteiger partial charge in [0.2, 0.25) is 5.91 Å². The zero-order valence-corrected chi connectivity index (χ0v) is 19.2. The number of halogens is 1. The van der Waals surface area contributed by atoms with E-state index in [9.17, 15) is 14.0 Å². The van der Waals surface area contributed by atoms with Crippen molar-refractivity contribution in [2.24, 2.45) is 16.6 Å². The van der Waals surface area contributed by atoms with E-state index in [1.807, 2.05) is 58.9 Å². The Hall–Kier alpha value is -2.73. The van der Waals surface area contributed by atoms with E-state index in [2.05, 4.69) is 5.32 Å². The molecule has 6 heteroatoms. The number of carbonyl (C=O) groups is 2. The first-order valence-electron chi connectivity index (χ1n) is 10.5. The van der Waals surface area contributed by atoms with Crippen molar-refractivity contribution in [2.45, 2.75) is 47.6 Å². The smallest absolute Gasteiger partial charge is 0.254 e. The molecule has 0 aromatic heterocycles. The van der Waals surface area contributed by atoms with Crippen molar-refractivity contribution in [2.75, 3.05) is 18.4 Å². The van der Waals surface area contributed by atoms with Gasteiger partial charge in [0.25, 0.3) is 5.91 Å². The van der Waals surface area contributed by atoms with E-state index in [1.54, 1.807) is 11.0 Å². The Kier molecular flexibility index (Phi) is 7.96. The number of amides is 2. The van der Waals surface area contributed by atoms with Crippen LogP contribution in [0.3, 0.4) is 0 Å². The normalized spacial score (nSPS) is 11.8. The van der Waals surface area contributed by atoms with Crippen molar-refractivity contribution in [3.05, 3.63) is 65.5 Å². The van der Waals surface area contributed by atoms with Crippen molar-refractivity contribution in [1.29, 1.82) is 0 Å². The number of nitrogens with zero attached hydrogens (tertiary/aromatic N) is 1. The van der Waals surface area contributed by atoms with Crippen LogP contribution in [0.5, 0.6) is 0 Å². The molecule has 5 nitrogen and oxygen atoms in total. The highest BCUT2D eigenvalue weighted by Crippen LogP contribution is 2.22. The molecule has 0 saturated carbocycles. The van der Waals surface area contributed by atoms with Gasteiger partial charge in [-0.15, -0.1) is 0 Å². The fourth-order valence-corrected chi connectivity index (χ4v) is 3.24. The van der Waals surface area contributed by atoms with E-state index in [0.29, 0.717) is 37.3 Å². The van der Waals surface area contributed by atoms with Gasteiger partial charge in [0.05, 0.1) is 0 Å². The molecule has 0 bridgehead atoms. The van der Waals surface area contributed by atoms with Crippen molar-refractivity contribution < 1.29 is 14.0 Å². The summed E-state index contributed by atoms with van der Waals surface area (Å²) in [6, 6.07) is 13.1. The quantitative estimate of drug-likeness (QED) is 0.634. The van der Waals surface area contributed by atoms with E-state index in [1.165, 1.54) is 18.2 Å². The van der Waals surface area contributed by atoms with Crippen molar-refractivity contribution in [3.63, 3.8) is 0 Å². The van der Waals surface area contributed by atoms with Crippen LogP contribution in [0.25, 0.3) is 0 Å². The van der Waals surface area contributed by atoms with Gasteiger partial charge in [-0.2, -0.15) is 0 Å². The number of benzene rings is 2. The summed E-state index contributed by atoms with van der Waals surface area (Å²) in [7, 11) is 0. The molecular formula is C25H34FN3O2. The maximum absolute atomic E-state index is 13.7. The Morgan fingerprint density at radius 2 is 1.71 bits per heavy atom. The van der Waals surface area contributed by atoms with Crippen molar-refractivity contribution >= 4 is 17.5 Å². The lowest BCUT2D eigenvalue weighted by atomic mass is 9.92. The number of anilines is 1. The Morgan fingerprint density at radius 1 is 1.03 bits per heavy atom. The standard InChI is InChI=1S/C25H34FN3O2/c1-24(2,3)14-22(30)28-21-11-6-8-18(12-21)15-29(17-25(4,5)16-27)23(31)19-9-7-10-20(26)13-19/h6-13H,14-17,27H2,1-5H3,(H,28,30). The summed E-state index contributed by atoms with van der Waals surface area (Å²) in [4.78, 5) is 27.1. The average molecular weight is 428 g/mol. The topological polar surface area (TPSA) is 75.4 Å². The summed E-state index contributed by atoms with van der Waals surface area (Å²) in [5.41, 5.74) is 7.33. The lowest BCUT2D eigenvalue weighted by Crippen LogP contribution is -2.41. The molecule has 0 unspecified atom stereocenters. The van der Waals surface area contributed by atoms with Crippen LogP contribution in [-0.2, 0) is 11.3 Å². The van der Waals surface area contributed by atoms with Gasteiger partial charge in [-0.3, -0.25) is 9.59 Å². The van der Waals surface area contributed by atoms with Gasteiger partial charge in [0, 0.05) is 30.8 Å². The van der Waals surface area contributed by atoms with Gasteiger partial charge < -0.3 is 16.0 Å². The number of nitrogens with two attached hydrogens (primary N) is 1. The van der Waals surface area contributed by atoms with Crippen LogP contribution in [0.4, 0.5) is 10.1 Å². The molecule has 3 N–H and O–H groups in total. The van der Waals surface area contributed by atoms with Crippen LogP contribution >= 0.6 is 0 Å². The summed E-state index contributed by atoms with van der Waals surface area (Å²) in [5, 5.41) is 2.93. The number of rotatable bonds is 8. The molecule has 0 saturated heterocycles. The number of hydrogen-bond donors (Lipinski definition) is 2. The van der Waals surface area contributed by atoms with E-state index in [4.69, 9.17) is 5.73 Å². The van der Waals surface area contributed by atoms with Crippen molar-refractivity contribution in [1.82, 2.24) is 4.90 Å².